The molecule has 0 aromatic heterocycles. The molecule has 0 spiro atoms. The third kappa shape index (κ3) is 2.59. The molecule has 140 valence electrons. The summed E-state index contributed by atoms with van der Waals surface area (Å²) in [6.45, 7) is 13.2. The van der Waals surface area contributed by atoms with Crippen LogP contribution >= 0.6 is 0 Å². The average molecular weight is 343 g/mol. The van der Waals surface area contributed by atoms with Crippen molar-refractivity contribution in [3.05, 3.63) is 24.3 Å². The Morgan fingerprint density at radius 3 is 2.56 bits per heavy atom. The van der Waals surface area contributed by atoms with Crippen LogP contribution in [0.15, 0.2) is 24.3 Å². The predicted octanol–water partition coefficient (Wildman–Crippen LogP) is 5.88. The van der Waals surface area contributed by atoms with Crippen molar-refractivity contribution in [3.8, 4) is 0 Å². The molecule has 3 aliphatic rings. The van der Waals surface area contributed by atoms with Gasteiger partial charge in [0.1, 0.15) is 0 Å². The van der Waals surface area contributed by atoms with Gasteiger partial charge in [0.2, 0.25) is 0 Å². The third-order valence-electron chi connectivity index (χ3n) is 8.55. The smallest absolute Gasteiger partial charge is 0.0228 e. The quantitative estimate of drug-likeness (QED) is 0.616. The van der Waals surface area contributed by atoms with Crippen LogP contribution in [0.3, 0.4) is 0 Å². The first-order chi connectivity index (χ1) is 11.7. The number of allylic oxidation sites excluding steroid dienone is 3. The van der Waals surface area contributed by atoms with Gasteiger partial charge in [-0.3, -0.25) is 0 Å². The van der Waals surface area contributed by atoms with Crippen LogP contribution in [-0.4, -0.2) is 11.3 Å². The van der Waals surface area contributed by atoms with Crippen molar-refractivity contribution in [2.24, 2.45) is 34.3 Å². The van der Waals surface area contributed by atoms with Gasteiger partial charge in [-0.1, -0.05) is 51.5 Å². The molecular weight excluding hydrogens is 304 g/mol. The Kier molecular flexibility index (Phi) is 4.81. The van der Waals surface area contributed by atoms with Gasteiger partial charge in [0, 0.05) is 17.2 Å². The maximum absolute atomic E-state index is 8.31. The van der Waals surface area contributed by atoms with Crippen LogP contribution in [-0.2, 0) is 0 Å². The van der Waals surface area contributed by atoms with Crippen LogP contribution in [0, 0.1) is 34.0 Å². The van der Waals surface area contributed by atoms with Crippen molar-refractivity contribution in [3.63, 3.8) is 0 Å². The summed E-state index contributed by atoms with van der Waals surface area (Å²) in [5.41, 5.74) is 10.2. The predicted molar refractivity (Wildman–Crippen MR) is 108 cm³/mol. The molecule has 0 saturated heterocycles. The molecule has 0 bridgehead atoms. The zero-order chi connectivity index (χ0) is 18.5. The molecule has 3 aliphatic carbocycles. The van der Waals surface area contributed by atoms with Gasteiger partial charge in [-0.05, 0) is 74.5 Å². The lowest BCUT2D eigenvalue weighted by Crippen LogP contribution is -2.66. The van der Waals surface area contributed by atoms with Crippen LogP contribution in [0.1, 0.15) is 79.1 Å². The van der Waals surface area contributed by atoms with Crippen LogP contribution in [0.25, 0.3) is 0 Å². The number of rotatable bonds is 4. The van der Waals surface area contributed by atoms with Crippen LogP contribution in [0.5, 0.6) is 0 Å². The third-order valence-corrected chi connectivity index (χ3v) is 8.55. The second-order valence-electron chi connectivity index (χ2n) is 9.67. The molecule has 0 aromatic carbocycles. The Bertz CT molecular complexity index is 591. The second kappa shape index (κ2) is 6.37. The Morgan fingerprint density at radius 1 is 1.24 bits per heavy atom. The first-order valence-electron chi connectivity index (χ1n) is 10.4. The van der Waals surface area contributed by atoms with E-state index in [1.165, 1.54) is 38.5 Å². The van der Waals surface area contributed by atoms with Gasteiger partial charge in [0.25, 0.3) is 0 Å². The largest absolute Gasteiger partial charge is 0.325 e. The van der Waals surface area contributed by atoms with Gasteiger partial charge in [-0.2, -0.15) is 0 Å². The maximum atomic E-state index is 8.31. The van der Waals surface area contributed by atoms with Crippen molar-refractivity contribution < 1.29 is 0 Å². The highest BCUT2D eigenvalue weighted by Crippen LogP contribution is 2.67. The van der Waals surface area contributed by atoms with Gasteiger partial charge in [-0.25, -0.2) is 0 Å². The summed E-state index contributed by atoms with van der Waals surface area (Å²) < 4.78 is 0. The number of nitrogens with two attached hydrogens (primary N) is 1. The van der Waals surface area contributed by atoms with Crippen LogP contribution in [0.2, 0.25) is 0 Å². The summed E-state index contributed by atoms with van der Waals surface area (Å²) >= 11 is 0. The van der Waals surface area contributed by atoms with Gasteiger partial charge in [-0.15, -0.1) is 0 Å². The minimum absolute atomic E-state index is 0.0559. The van der Waals surface area contributed by atoms with Crippen molar-refractivity contribution in [1.29, 1.82) is 5.41 Å². The van der Waals surface area contributed by atoms with Gasteiger partial charge in [0.05, 0.1) is 0 Å². The lowest BCUT2D eigenvalue weighted by atomic mass is 9.44. The molecule has 3 N–H and O–H groups in total. The second-order valence-corrected chi connectivity index (χ2v) is 9.67. The zero-order valence-electron chi connectivity index (χ0n) is 16.8. The highest BCUT2D eigenvalue weighted by atomic mass is 14.9. The molecule has 2 heteroatoms. The summed E-state index contributed by atoms with van der Waals surface area (Å²) in [5.74, 6) is 1.59. The van der Waals surface area contributed by atoms with Crippen LogP contribution < -0.4 is 5.73 Å². The molecule has 0 radical (unpaired) electrons. The Morgan fingerprint density at radius 2 is 1.96 bits per heavy atom. The van der Waals surface area contributed by atoms with E-state index < -0.39 is 0 Å². The summed E-state index contributed by atoms with van der Waals surface area (Å²) in [4.78, 5) is 0. The standard InChI is InChI=1S/C23H38N2/c1-6-8-17-11-15-23(25)19-10-9-18(16(3)24)22(19,5)14-12-20(23)21(17,4)13-7-2/h6,8,18-20,24H,1,7,9-15,25H2,2-5H3/b17-8-,24-16?. The van der Waals surface area contributed by atoms with E-state index >= 15 is 0 Å². The number of hydrogen-bond donors (Lipinski definition) is 2. The average Bonchev–Trinajstić information content (AvgIpc) is 2.89. The maximum Gasteiger partial charge on any atom is 0.0228 e. The first-order valence-corrected chi connectivity index (χ1v) is 10.4. The van der Waals surface area contributed by atoms with E-state index in [1.807, 2.05) is 13.0 Å². The minimum Gasteiger partial charge on any atom is -0.325 e. The highest BCUT2D eigenvalue weighted by molar-refractivity contribution is 5.82. The van der Waals surface area contributed by atoms with E-state index in [9.17, 15) is 0 Å². The first kappa shape index (κ1) is 18.9. The summed E-state index contributed by atoms with van der Waals surface area (Å²) in [6.07, 6.45) is 13.8. The van der Waals surface area contributed by atoms with Gasteiger partial charge < -0.3 is 11.1 Å². The molecule has 25 heavy (non-hydrogen) atoms. The molecule has 6 unspecified atom stereocenters. The van der Waals surface area contributed by atoms with Crippen molar-refractivity contribution in [2.75, 3.05) is 0 Å². The van der Waals surface area contributed by atoms with E-state index in [0.717, 1.165) is 18.6 Å². The molecule has 2 nitrogen and oxygen atoms in total. The van der Waals surface area contributed by atoms with Crippen molar-refractivity contribution in [2.45, 2.75) is 84.6 Å². The SMILES string of the molecule is C=C/C=C1/CCC2(N)C(CCC3(C)C(C(C)=N)CCC32)C1(C)CCC. The van der Waals surface area contributed by atoms with E-state index in [-0.39, 0.29) is 16.4 Å². The molecule has 0 aliphatic heterocycles. The summed E-state index contributed by atoms with van der Waals surface area (Å²) in [7, 11) is 0. The molecule has 0 aromatic rings. The highest BCUT2D eigenvalue weighted by Gasteiger charge is 2.64. The van der Waals surface area contributed by atoms with Crippen molar-refractivity contribution >= 4 is 5.71 Å². The number of fused-ring (bicyclic) bond motifs is 3. The molecule has 3 fully saturated rings. The van der Waals surface area contributed by atoms with E-state index in [4.69, 9.17) is 11.1 Å². The fraction of sp³-hybridized carbons (Fsp3) is 0.783. The molecule has 6 atom stereocenters. The molecule has 3 rings (SSSR count). The topological polar surface area (TPSA) is 49.9 Å². The number of hydrogen-bond acceptors (Lipinski definition) is 2. The zero-order valence-corrected chi connectivity index (χ0v) is 16.8. The fourth-order valence-electron chi connectivity index (χ4n) is 7.54. The van der Waals surface area contributed by atoms with Crippen molar-refractivity contribution in [1.82, 2.24) is 0 Å². The fourth-order valence-corrected chi connectivity index (χ4v) is 7.54. The Labute approximate surface area is 154 Å². The molecule has 3 saturated carbocycles. The monoisotopic (exact) mass is 342 g/mol. The lowest BCUT2D eigenvalue weighted by molar-refractivity contribution is -0.0616. The summed E-state index contributed by atoms with van der Waals surface area (Å²) in [6, 6.07) is 0. The van der Waals surface area contributed by atoms with Gasteiger partial charge in [0.15, 0.2) is 0 Å². The van der Waals surface area contributed by atoms with E-state index in [1.54, 1.807) is 5.57 Å². The molecule has 0 heterocycles. The minimum atomic E-state index is -0.0559. The Balaban J connectivity index is 2.02. The summed E-state index contributed by atoms with van der Waals surface area (Å²) in [5, 5.41) is 8.31. The van der Waals surface area contributed by atoms with E-state index in [2.05, 4.69) is 33.4 Å². The normalized spacial score (nSPS) is 48.0. The lowest BCUT2D eigenvalue weighted by Gasteiger charge is -2.63. The molecule has 0 amide bonds. The molecular formula is C23H38N2. The van der Waals surface area contributed by atoms with E-state index in [0.29, 0.717) is 17.8 Å². The Hall–Kier alpha value is -0.890. The van der Waals surface area contributed by atoms with Gasteiger partial charge >= 0.3 is 0 Å². The van der Waals surface area contributed by atoms with Crippen LogP contribution in [0.4, 0.5) is 0 Å². The number of nitrogens with one attached hydrogen (secondary N) is 1.